The van der Waals surface area contributed by atoms with Crippen molar-refractivity contribution in [2.75, 3.05) is 12.8 Å². The van der Waals surface area contributed by atoms with Crippen LogP contribution in [-0.2, 0) is 12.8 Å². The van der Waals surface area contributed by atoms with E-state index in [0.29, 0.717) is 5.56 Å². The molecule has 1 aromatic heterocycles. The molecule has 2 N–H and O–H groups in total. The average molecular weight is 327 g/mol. The predicted molar refractivity (Wildman–Crippen MR) is 98.2 cm³/mol. The Morgan fingerprint density at radius 1 is 1.08 bits per heavy atom. The van der Waals surface area contributed by atoms with Crippen LogP contribution in [0, 0.1) is 11.3 Å². The van der Waals surface area contributed by atoms with E-state index in [0.717, 1.165) is 46.5 Å². The summed E-state index contributed by atoms with van der Waals surface area (Å²) in [7, 11) is 1.64. The lowest BCUT2D eigenvalue weighted by Crippen LogP contribution is -2.11. The van der Waals surface area contributed by atoms with Crippen molar-refractivity contribution in [1.29, 1.82) is 5.26 Å². The summed E-state index contributed by atoms with van der Waals surface area (Å²) in [4.78, 5) is 4.58. The van der Waals surface area contributed by atoms with Crippen LogP contribution in [0.4, 0.5) is 5.82 Å². The van der Waals surface area contributed by atoms with Crippen LogP contribution in [-0.4, -0.2) is 12.1 Å². The number of nitriles is 1. The molecule has 0 unspecified atom stereocenters. The fourth-order valence-electron chi connectivity index (χ4n) is 3.53. The highest BCUT2D eigenvalue weighted by molar-refractivity contribution is 5.86. The molecule has 0 radical (unpaired) electrons. The second-order valence-electron chi connectivity index (χ2n) is 6.07. The quantitative estimate of drug-likeness (QED) is 0.773. The van der Waals surface area contributed by atoms with Crippen LogP contribution in [0.5, 0.6) is 5.75 Å². The summed E-state index contributed by atoms with van der Waals surface area (Å²) in [6.45, 7) is 0. The largest absolute Gasteiger partial charge is 0.497 e. The second-order valence-corrected chi connectivity index (χ2v) is 6.07. The molecule has 4 rings (SSSR count). The number of nitrogen functional groups attached to an aromatic ring is 1. The smallest absolute Gasteiger partial charge is 0.142 e. The van der Waals surface area contributed by atoms with Crippen molar-refractivity contribution in [3.8, 4) is 34.2 Å². The Kier molecular flexibility index (Phi) is 3.62. The van der Waals surface area contributed by atoms with E-state index in [-0.39, 0.29) is 5.82 Å². The van der Waals surface area contributed by atoms with Crippen LogP contribution in [0.1, 0.15) is 16.7 Å². The maximum absolute atomic E-state index is 9.66. The summed E-state index contributed by atoms with van der Waals surface area (Å²) in [5.41, 5.74) is 12.8. The number of pyridine rings is 1. The number of aryl methyl sites for hydroxylation is 1. The van der Waals surface area contributed by atoms with E-state index in [1.807, 2.05) is 36.4 Å². The molecular formula is C21H17N3O. The molecule has 2 aromatic carbocycles. The van der Waals surface area contributed by atoms with E-state index >= 15 is 0 Å². The highest BCUT2D eigenvalue weighted by Gasteiger charge is 2.25. The molecule has 3 aromatic rings. The fraction of sp³-hybridized carbons (Fsp3) is 0.143. The van der Waals surface area contributed by atoms with Crippen molar-refractivity contribution in [3.63, 3.8) is 0 Å². The van der Waals surface area contributed by atoms with E-state index in [2.05, 4.69) is 23.2 Å². The van der Waals surface area contributed by atoms with Crippen molar-refractivity contribution in [2.45, 2.75) is 12.8 Å². The average Bonchev–Trinajstić information content (AvgIpc) is 2.67. The zero-order chi connectivity index (χ0) is 17.4. The molecule has 0 amide bonds. The minimum Gasteiger partial charge on any atom is -0.497 e. The lowest BCUT2D eigenvalue weighted by Gasteiger charge is -2.23. The summed E-state index contributed by atoms with van der Waals surface area (Å²) in [5.74, 6) is 1.06. The van der Waals surface area contributed by atoms with Gasteiger partial charge in [0.05, 0.1) is 12.8 Å². The summed E-state index contributed by atoms with van der Waals surface area (Å²) in [6, 6.07) is 18.2. The van der Waals surface area contributed by atoms with Crippen molar-refractivity contribution < 1.29 is 4.74 Å². The number of fused-ring (bicyclic) bond motifs is 3. The van der Waals surface area contributed by atoms with Crippen LogP contribution >= 0.6 is 0 Å². The number of anilines is 1. The number of nitrogens with two attached hydrogens (primary N) is 1. The van der Waals surface area contributed by atoms with Crippen LogP contribution in [0.25, 0.3) is 22.4 Å². The van der Waals surface area contributed by atoms with Gasteiger partial charge in [-0.2, -0.15) is 5.26 Å². The van der Waals surface area contributed by atoms with Gasteiger partial charge in [0.15, 0.2) is 0 Å². The first-order valence-electron chi connectivity index (χ1n) is 8.18. The number of methoxy groups -OCH3 is 1. The Labute approximate surface area is 146 Å². The maximum Gasteiger partial charge on any atom is 0.142 e. The first kappa shape index (κ1) is 15.2. The molecule has 0 fully saturated rings. The molecule has 0 saturated heterocycles. The Hall–Kier alpha value is -3.32. The van der Waals surface area contributed by atoms with Gasteiger partial charge in [-0.15, -0.1) is 0 Å². The molecule has 25 heavy (non-hydrogen) atoms. The highest BCUT2D eigenvalue weighted by Crippen LogP contribution is 2.41. The molecule has 1 aliphatic carbocycles. The van der Waals surface area contributed by atoms with E-state index < -0.39 is 0 Å². The first-order chi connectivity index (χ1) is 12.2. The Morgan fingerprint density at radius 2 is 1.84 bits per heavy atom. The number of nitrogens with zero attached hydrogens (tertiary/aromatic N) is 2. The number of hydrogen-bond donors (Lipinski definition) is 1. The van der Waals surface area contributed by atoms with Gasteiger partial charge in [0.2, 0.25) is 0 Å². The zero-order valence-electron chi connectivity index (χ0n) is 13.9. The number of aromatic nitrogens is 1. The van der Waals surface area contributed by atoms with Crippen molar-refractivity contribution in [2.24, 2.45) is 0 Å². The van der Waals surface area contributed by atoms with Gasteiger partial charge >= 0.3 is 0 Å². The van der Waals surface area contributed by atoms with Gasteiger partial charge in [-0.3, -0.25) is 0 Å². The third-order valence-corrected chi connectivity index (χ3v) is 4.73. The first-order valence-corrected chi connectivity index (χ1v) is 8.18. The molecule has 4 nitrogen and oxygen atoms in total. The van der Waals surface area contributed by atoms with Gasteiger partial charge in [0.1, 0.15) is 23.2 Å². The summed E-state index contributed by atoms with van der Waals surface area (Å²) in [5, 5.41) is 9.66. The SMILES string of the molecule is COc1ccc(-c2c(C#N)c(N)nc3c2CCc2ccccc2-3)cc1. The molecular weight excluding hydrogens is 310 g/mol. The van der Waals surface area contributed by atoms with Crippen molar-refractivity contribution >= 4 is 5.82 Å². The van der Waals surface area contributed by atoms with E-state index in [9.17, 15) is 5.26 Å². The van der Waals surface area contributed by atoms with Gasteiger partial charge in [0, 0.05) is 11.1 Å². The monoisotopic (exact) mass is 327 g/mol. The fourth-order valence-corrected chi connectivity index (χ4v) is 3.53. The third-order valence-electron chi connectivity index (χ3n) is 4.73. The Bertz CT molecular complexity index is 1000. The predicted octanol–water partition coefficient (Wildman–Crippen LogP) is 3.98. The Balaban J connectivity index is 2.01. The molecule has 0 bridgehead atoms. The standard InChI is InChI=1S/C21H17N3O/c1-25-15-9-6-14(7-10-15)19-17-11-8-13-4-2-3-5-16(13)20(17)24-21(23)18(19)12-22/h2-7,9-10H,8,11H2,1H3,(H2,23,24). The number of rotatable bonds is 2. The topological polar surface area (TPSA) is 71.9 Å². The summed E-state index contributed by atoms with van der Waals surface area (Å²) >= 11 is 0. The lowest BCUT2D eigenvalue weighted by atomic mass is 9.83. The number of benzene rings is 2. The van der Waals surface area contributed by atoms with Gasteiger partial charge < -0.3 is 10.5 Å². The minimum absolute atomic E-state index is 0.281. The third kappa shape index (κ3) is 2.41. The van der Waals surface area contributed by atoms with Crippen molar-refractivity contribution in [3.05, 3.63) is 65.2 Å². The van der Waals surface area contributed by atoms with E-state index in [1.54, 1.807) is 7.11 Å². The molecule has 4 heteroatoms. The van der Waals surface area contributed by atoms with Gasteiger partial charge in [0.25, 0.3) is 0 Å². The lowest BCUT2D eigenvalue weighted by molar-refractivity contribution is 0.415. The summed E-state index contributed by atoms with van der Waals surface area (Å²) in [6.07, 6.45) is 1.78. The molecule has 1 aliphatic rings. The second kappa shape index (κ2) is 5.95. The van der Waals surface area contributed by atoms with Gasteiger partial charge in [-0.25, -0.2) is 4.98 Å². The number of hydrogen-bond acceptors (Lipinski definition) is 4. The maximum atomic E-state index is 9.66. The van der Waals surface area contributed by atoms with Gasteiger partial charge in [-0.1, -0.05) is 36.4 Å². The van der Waals surface area contributed by atoms with Crippen LogP contribution < -0.4 is 10.5 Å². The van der Waals surface area contributed by atoms with Crippen LogP contribution in [0.3, 0.4) is 0 Å². The van der Waals surface area contributed by atoms with Crippen LogP contribution in [0.15, 0.2) is 48.5 Å². The molecule has 0 spiro atoms. The molecule has 122 valence electrons. The molecule has 1 heterocycles. The van der Waals surface area contributed by atoms with E-state index in [4.69, 9.17) is 10.5 Å². The molecule has 0 atom stereocenters. The Morgan fingerprint density at radius 3 is 2.56 bits per heavy atom. The normalized spacial score (nSPS) is 12.0. The van der Waals surface area contributed by atoms with Gasteiger partial charge in [-0.05, 0) is 41.7 Å². The van der Waals surface area contributed by atoms with Crippen LogP contribution in [0.2, 0.25) is 0 Å². The summed E-state index contributed by atoms with van der Waals surface area (Å²) < 4.78 is 5.24. The number of ether oxygens (including phenoxy) is 1. The highest BCUT2D eigenvalue weighted by atomic mass is 16.5. The minimum atomic E-state index is 0.281. The zero-order valence-corrected chi connectivity index (χ0v) is 13.9. The molecule has 0 saturated carbocycles. The van der Waals surface area contributed by atoms with Crippen molar-refractivity contribution in [1.82, 2.24) is 4.98 Å². The van der Waals surface area contributed by atoms with E-state index in [1.165, 1.54) is 5.56 Å². The molecule has 0 aliphatic heterocycles.